The van der Waals surface area contributed by atoms with Gasteiger partial charge in [-0.1, -0.05) is 18.6 Å². The molecule has 5 nitrogen and oxygen atoms in total. The number of aromatic nitrogens is 1. The lowest BCUT2D eigenvalue weighted by molar-refractivity contribution is 0.453. The third-order valence-electron chi connectivity index (χ3n) is 4.33. The van der Waals surface area contributed by atoms with Crippen LogP contribution in [0.4, 0.5) is 0 Å². The molecule has 26 heavy (non-hydrogen) atoms. The minimum absolute atomic E-state index is 0. The zero-order valence-corrected chi connectivity index (χ0v) is 18.9. The first kappa shape index (κ1) is 24.7. The molecular formula is C20H35IN4O. The number of allylic oxidation sites excluding steroid dienone is 1. The number of aliphatic imine (C=N–C) groups is 1. The number of guanidine groups is 1. The van der Waals surface area contributed by atoms with Crippen LogP contribution in [0.3, 0.4) is 0 Å². The normalized spacial score (nSPS) is 11.0. The monoisotopic (exact) mass is 474 g/mol. The molecule has 0 saturated carbocycles. The van der Waals surface area contributed by atoms with E-state index in [-0.39, 0.29) is 29.5 Å². The van der Waals surface area contributed by atoms with Crippen LogP contribution in [0.2, 0.25) is 0 Å². The van der Waals surface area contributed by atoms with Crippen LogP contribution in [0.5, 0.6) is 0 Å². The summed E-state index contributed by atoms with van der Waals surface area (Å²) in [6.45, 7) is 8.38. The second kappa shape index (κ2) is 14.8. The Morgan fingerprint density at radius 2 is 2.04 bits per heavy atom. The number of halogens is 1. The van der Waals surface area contributed by atoms with Crippen LogP contribution in [-0.2, 0) is 6.54 Å². The van der Waals surface area contributed by atoms with Crippen molar-refractivity contribution in [2.45, 2.75) is 52.0 Å². The fourth-order valence-electron chi connectivity index (χ4n) is 2.81. The highest BCUT2D eigenvalue weighted by atomic mass is 127. The van der Waals surface area contributed by atoms with Gasteiger partial charge in [-0.2, -0.15) is 0 Å². The van der Waals surface area contributed by atoms with Crippen molar-refractivity contribution in [3.8, 4) is 0 Å². The van der Waals surface area contributed by atoms with Gasteiger partial charge in [0.25, 0.3) is 5.56 Å². The van der Waals surface area contributed by atoms with Crippen LogP contribution in [0.1, 0.15) is 44.2 Å². The average molecular weight is 474 g/mol. The molecular weight excluding hydrogens is 439 g/mol. The first-order valence-corrected chi connectivity index (χ1v) is 9.29. The molecule has 0 bridgehead atoms. The summed E-state index contributed by atoms with van der Waals surface area (Å²) in [5.41, 5.74) is 1.10. The van der Waals surface area contributed by atoms with Crippen LogP contribution >= 0.6 is 24.0 Å². The maximum Gasteiger partial charge on any atom is 0.250 e. The Kier molecular flexibility index (Phi) is 14.1. The van der Waals surface area contributed by atoms with Crippen molar-refractivity contribution in [1.82, 2.24) is 14.8 Å². The molecule has 0 aromatic carbocycles. The zero-order valence-electron chi connectivity index (χ0n) is 16.5. The van der Waals surface area contributed by atoms with Crippen molar-refractivity contribution in [1.29, 1.82) is 0 Å². The van der Waals surface area contributed by atoms with Crippen molar-refractivity contribution in [2.24, 2.45) is 4.99 Å². The molecule has 0 atom stereocenters. The molecule has 1 aromatic rings. The van der Waals surface area contributed by atoms with Crippen LogP contribution < -0.4 is 10.9 Å². The second-order valence-corrected chi connectivity index (χ2v) is 6.40. The van der Waals surface area contributed by atoms with Crippen molar-refractivity contribution in [3.05, 3.63) is 46.9 Å². The van der Waals surface area contributed by atoms with Gasteiger partial charge in [-0.05, 0) is 45.1 Å². The van der Waals surface area contributed by atoms with Gasteiger partial charge in [-0.15, -0.1) is 30.6 Å². The predicted octanol–water partition coefficient (Wildman–Crippen LogP) is 3.81. The van der Waals surface area contributed by atoms with Crippen molar-refractivity contribution in [2.75, 3.05) is 27.2 Å². The van der Waals surface area contributed by atoms with Gasteiger partial charge in [-0.25, -0.2) is 0 Å². The van der Waals surface area contributed by atoms with E-state index in [2.05, 4.69) is 28.8 Å². The van der Waals surface area contributed by atoms with Gasteiger partial charge in [0.1, 0.15) is 0 Å². The Morgan fingerprint density at radius 3 is 2.69 bits per heavy atom. The van der Waals surface area contributed by atoms with Gasteiger partial charge in [0.2, 0.25) is 0 Å². The highest BCUT2D eigenvalue weighted by Gasteiger charge is 2.05. The third kappa shape index (κ3) is 9.40. The van der Waals surface area contributed by atoms with E-state index in [1.165, 1.54) is 19.3 Å². The fraction of sp³-hybridized carbons (Fsp3) is 0.600. The quantitative estimate of drug-likeness (QED) is 0.175. The minimum atomic E-state index is 0. The zero-order chi connectivity index (χ0) is 18.5. The van der Waals surface area contributed by atoms with E-state index >= 15 is 0 Å². The van der Waals surface area contributed by atoms with E-state index in [4.69, 9.17) is 0 Å². The third-order valence-corrected chi connectivity index (χ3v) is 4.33. The lowest BCUT2D eigenvalue weighted by Gasteiger charge is -2.22. The van der Waals surface area contributed by atoms with E-state index in [0.29, 0.717) is 0 Å². The van der Waals surface area contributed by atoms with Gasteiger partial charge in [0.05, 0.1) is 0 Å². The number of pyridine rings is 1. The number of hydrogen-bond acceptors (Lipinski definition) is 2. The van der Waals surface area contributed by atoms with Gasteiger partial charge in [0, 0.05) is 45.5 Å². The number of rotatable bonds is 11. The van der Waals surface area contributed by atoms with Crippen LogP contribution in [0.15, 0.2) is 40.6 Å². The summed E-state index contributed by atoms with van der Waals surface area (Å²) in [6, 6.07) is 5.41. The lowest BCUT2D eigenvalue weighted by atomic mass is 10.2. The molecule has 0 amide bonds. The van der Waals surface area contributed by atoms with Crippen molar-refractivity contribution >= 4 is 29.9 Å². The SMILES string of the molecule is C=CCCCCCN(C)C(=NC)NCCCCn1c(C)cccc1=O.I. The second-order valence-electron chi connectivity index (χ2n) is 6.40. The molecule has 0 radical (unpaired) electrons. The molecule has 0 fully saturated rings. The van der Waals surface area contributed by atoms with Crippen molar-refractivity contribution in [3.63, 3.8) is 0 Å². The number of nitrogens with zero attached hydrogens (tertiary/aromatic N) is 3. The lowest BCUT2D eigenvalue weighted by Crippen LogP contribution is -2.39. The van der Waals surface area contributed by atoms with Gasteiger partial charge in [0.15, 0.2) is 5.96 Å². The van der Waals surface area contributed by atoms with E-state index in [1.807, 2.05) is 36.7 Å². The standard InChI is InChI=1S/C20H34N4O.HI/c1-5-6-7-8-10-16-23(4)20(21-3)22-15-9-11-17-24-18(2)13-12-14-19(24)25;/h5,12-14H,1,6-11,15-17H2,2-4H3,(H,21,22);1H. The molecule has 6 heteroatoms. The molecule has 148 valence electrons. The molecule has 0 aliphatic heterocycles. The number of aryl methyl sites for hydroxylation is 1. The first-order valence-electron chi connectivity index (χ1n) is 9.29. The summed E-state index contributed by atoms with van der Waals surface area (Å²) in [5, 5.41) is 3.41. The Morgan fingerprint density at radius 1 is 1.27 bits per heavy atom. The fourth-order valence-corrected chi connectivity index (χ4v) is 2.81. The number of unbranched alkanes of at least 4 members (excludes halogenated alkanes) is 4. The molecule has 0 aliphatic rings. The summed E-state index contributed by atoms with van der Waals surface area (Å²) < 4.78 is 1.84. The van der Waals surface area contributed by atoms with Crippen LogP contribution in [0.25, 0.3) is 0 Å². The molecule has 1 rings (SSSR count). The van der Waals surface area contributed by atoms with E-state index in [9.17, 15) is 4.79 Å². The number of nitrogens with one attached hydrogen (secondary N) is 1. The maximum absolute atomic E-state index is 11.8. The summed E-state index contributed by atoms with van der Waals surface area (Å²) in [6.07, 6.45) is 8.66. The molecule has 0 saturated heterocycles. The molecule has 0 spiro atoms. The van der Waals surface area contributed by atoms with Crippen LogP contribution in [0, 0.1) is 6.92 Å². The maximum atomic E-state index is 11.8. The largest absolute Gasteiger partial charge is 0.356 e. The minimum Gasteiger partial charge on any atom is -0.356 e. The van der Waals surface area contributed by atoms with Gasteiger partial charge >= 0.3 is 0 Å². The highest BCUT2D eigenvalue weighted by molar-refractivity contribution is 14.0. The Labute approximate surface area is 175 Å². The van der Waals surface area contributed by atoms with E-state index in [0.717, 1.165) is 50.6 Å². The summed E-state index contributed by atoms with van der Waals surface area (Å²) in [7, 11) is 3.90. The van der Waals surface area contributed by atoms with E-state index in [1.54, 1.807) is 6.07 Å². The first-order chi connectivity index (χ1) is 12.1. The Bertz CT molecular complexity index is 598. The molecule has 1 aromatic heterocycles. The summed E-state index contributed by atoms with van der Waals surface area (Å²) in [4.78, 5) is 18.4. The Hall–Kier alpha value is -1.31. The summed E-state index contributed by atoms with van der Waals surface area (Å²) >= 11 is 0. The smallest absolute Gasteiger partial charge is 0.250 e. The molecule has 1 N–H and O–H groups in total. The topological polar surface area (TPSA) is 49.6 Å². The molecule has 1 heterocycles. The highest BCUT2D eigenvalue weighted by Crippen LogP contribution is 2.02. The molecule has 0 aliphatic carbocycles. The average Bonchev–Trinajstić information content (AvgIpc) is 2.60. The van der Waals surface area contributed by atoms with E-state index < -0.39 is 0 Å². The van der Waals surface area contributed by atoms with Crippen molar-refractivity contribution < 1.29 is 0 Å². The number of hydrogen-bond donors (Lipinski definition) is 1. The Balaban J connectivity index is 0.00000625. The van der Waals surface area contributed by atoms with Gasteiger partial charge < -0.3 is 14.8 Å². The van der Waals surface area contributed by atoms with Crippen LogP contribution in [-0.4, -0.2) is 42.6 Å². The summed E-state index contributed by atoms with van der Waals surface area (Å²) in [5.74, 6) is 0.941. The van der Waals surface area contributed by atoms with Gasteiger partial charge in [-0.3, -0.25) is 9.79 Å². The predicted molar refractivity (Wildman–Crippen MR) is 123 cm³/mol. The molecule has 0 unspecified atom stereocenters.